The normalized spacial score (nSPS) is 9.95. The van der Waals surface area contributed by atoms with Gasteiger partial charge in [0.2, 0.25) is 11.9 Å². The van der Waals surface area contributed by atoms with Crippen molar-refractivity contribution in [2.75, 3.05) is 10.6 Å². The van der Waals surface area contributed by atoms with Crippen molar-refractivity contribution in [3.63, 3.8) is 0 Å². The van der Waals surface area contributed by atoms with E-state index in [2.05, 4.69) is 25.6 Å². The Morgan fingerprint density at radius 1 is 1.05 bits per heavy atom. The number of carbonyl (C=O) groups excluding carboxylic acids is 1. The van der Waals surface area contributed by atoms with Crippen LogP contribution in [-0.4, -0.2) is 31.1 Å². The van der Waals surface area contributed by atoms with E-state index in [1.807, 2.05) is 0 Å². The van der Waals surface area contributed by atoms with Crippen LogP contribution in [-0.2, 0) is 4.79 Å². The Balaban J connectivity index is 2.29. The topological polar surface area (TPSA) is 120 Å². The maximum absolute atomic E-state index is 11.1. The molecule has 0 aliphatic carbocycles. The SMILES string of the molecule is CC(=O)Nc1ccccc1Nc1nc(O)nc(O)n1. The summed E-state index contributed by atoms with van der Waals surface area (Å²) in [5.41, 5.74) is 1.04. The fraction of sp³-hybridized carbons (Fsp3) is 0.0909. The number of hydrogen-bond acceptors (Lipinski definition) is 7. The Hall–Kier alpha value is -2.90. The highest BCUT2D eigenvalue weighted by Crippen LogP contribution is 2.24. The number of nitrogens with zero attached hydrogens (tertiary/aromatic N) is 3. The number of rotatable bonds is 3. The van der Waals surface area contributed by atoms with E-state index >= 15 is 0 Å². The molecule has 98 valence electrons. The molecule has 0 fully saturated rings. The maximum atomic E-state index is 11.1. The summed E-state index contributed by atoms with van der Waals surface area (Å²) >= 11 is 0. The summed E-state index contributed by atoms with van der Waals surface area (Å²) < 4.78 is 0. The van der Waals surface area contributed by atoms with Gasteiger partial charge in [-0.1, -0.05) is 12.1 Å². The van der Waals surface area contributed by atoms with E-state index in [0.29, 0.717) is 11.4 Å². The lowest BCUT2D eigenvalue weighted by atomic mass is 10.2. The second-order valence-corrected chi connectivity index (χ2v) is 3.61. The molecule has 0 unspecified atom stereocenters. The van der Waals surface area contributed by atoms with Crippen molar-refractivity contribution >= 4 is 23.2 Å². The predicted octanol–water partition coefficient (Wildman–Crippen LogP) is 0.985. The average molecular weight is 261 g/mol. The van der Waals surface area contributed by atoms with E-state index in [1.165, 1.54) is 6.92 Å². The van der Waals surface area contributed by atoms with Gasteiger partial charge in [-0.05, 0) is 12.1 Å². The van der Waals surface area contributed by atoms with Gasteiger partial charge in [-0.25, -0.2) is 0 Å². The molecule has 1 heterocycles. The van der Waals surface area contributed by atoms with Crippen LogP contribution < -0.4 is 10.6 Å². The highest BCUT2D eigenvalue weighted by Gasteiger charge is 2.08. The van der Waals surface area contributed by atoms with Gasteiger partial charge in [0.15, 0.2) is 0 Å². The van der Waals surface area contributed by atoms with Crippen molar-refractivity contribution in [3.8, 4) is 12.0 Å². The van der Waals surface area contributed by atoms with Crippen molar-refractivity contribution in [2.24, 2.45) is 0 Å². The number of amides is 1. The summed E-state index contributed by atoms with van der Waals surface area (Å²) in [5.74, 6) is -0.265. The first-order valence-electron chi connectivity index (χ1n) is 5.32. The fourth-order valence-electron chi connectivity index (χ4n) is 1.42. The summed E-state index contributed by atoms with van der Waals surface area (Å²) in [4.78, 5) is 21.5. The fourth-order valence-corrected chi connectivity index (χ4v) is 1.42. The van der Waals surface area contributed by atoms with Crippen LogP contribution in [0, 0.1) is 0 Å². The zero-order valence-corrected chi connectivity index (χ0v) is 9.95. The molecule has 4 N–H and O–H groups in total. The summed E-state index contributed by atoms with van der Waals surface area (Å²) in [6.07, 6.45) is 0. The van der Waals surface area contributed by atoms with Crippen LogP contribution in [0.15, 0.2) is 24.3 Å². The monoisotopic (exact) mass is 261 g/mol. The minimum atomic E-state index is -0.605. The Kier molecular flexibility index (Phi) is 3.42. The van der Waals surface area contributed by atoms with Gasteiger partial charge in [-0.2, -0.15) is 9.97 Å². The Bertz CT molecular complexity index is 597. The van der Waals surface area contributed by atoms with Crippen LogP contribution in [0.1, 0.15) is 6.92 Å². The van der Waals surface area contributed by atoms with Crippen LogP contribution in [0.5, 0.6) is 12.0 Å². The molecule has 0 spiro atoms. The number of aromatic nitrogens is 3. The standard InChI is InChI=1S/C11H11N5O3/c1-6(17)12-7-4-2-3-5-8(7)13-9-14-10(18)16-11(19)15-9/h2-5H,1H3,(H,12,17)(H3,13,14,15,16,18,19). The average Bonchev–Trinajstić information content (AvgIpc) is 2.29. The van der Waals surface area contributed by atoms with Crippen molar-refractivity contribution in [1.82, 2.24) is 15.0 Å². The van der Waals surface area contributed by atoms with E-state index in [-0.39, 0.29) is 11.9 Å². The molecule has 8 heteroatoms. The van der Waals surface area contributed by atoms with Gasteiger partial charge >= 0.3 is 12.0 Å². The lowest BCUT2D eigenvalue weighted by Crippen LogP contribution is -2.08. The molecule has 0 atom stereocenters. The first-order chi connectivity index (χ1) is 9.04. The molecule has 1 aromatic heterocycles. The van der Waals surface area contributed by atoms with Gasteiger partial charge < -0.3 is 20.8 Å². The predicted molar refractivity (Wildman–Crippen MR) is 67.2 cm³/mol. The number of hydrogen-bond donors (Lipinski definition) is 4. The van der Waals surface area contributed by atoms with Gasteiger partial charge in [-0.15, -0.1) is 4.98 Å². The zero-order valence-electron chi connectivity index (χ0n) is 9.95. The molecule has 2 rings (SSSR count). The molecule has 1 amide bonds. The molecule has 0 aliphatic heterocycles. The highest BCUT2D eigenvalue weighted by molar-refractivity contribution is 5.93. The van der Waals surface area contributed by atoms with Crippen LogP contribution >= 0.6 is 0 Å². The zero-order chi connectivity index (χ0) is 13.8. The lowest BCUT2D eigenvalue weighted by molar-refractivity contribution is -0.114. The minimum absolute atomic E-state index is 0.0391. The number of para-hydroxylation sites is 2. The molecule has 0 saturated carbocycles. The van der Waals surface area contributed by atoms with Gasteiger partial charge in [-0.3, -0.25) is 4.79 Å². The molecule has 19 heavy (non-hydrogen) atoms. The number of carbonyl (C=O) groups is 1. The Labute approximate surface area is 108 Å². The maximum Gasteiger partial charge on any atom is 0.321 e. The first-order valence-corrected chi connectivity index (χ1v) is 5.32. The van der Waals surface area contributed by atoms with E-state index < -0.39 is 12.0 Å². The van der Waals surface area contributed by atoms with Crippen LogP contribution in [0.25, 0.3) is 0 Å². The highest BCUT2D eigenvalue weighted by atomic mass is 16.3. The second kappa shape index (κ2) is 5.17. The summed E-state index contributed by atoms with van der Waals surface area (Å²) in [6, 6.07) is 5.65. The van der Waals surface area contributed by atoms with Crippen molar-refractivity contribution in [3.05, 3.63) is 24.3 Å². The van der Waals surface area contributed by atoms with Crippen molar-refractivity contribution < 1.29 is 15.0 Å². The molecular weight excluding hydrogens is 250 g/mol. The van der Waals surface area contributed by atoms with Gasteiger partial charge in [0.1, 0.15) is 0 Å². The molecule has 2 aromatic rings. The number of anilines is 3. The third-order valence-electron chi connectivity index (χ3n) is 2.10. The quantitative estimate of drug-likeness (QED) is 0.650. The van der Waals surface area contributed by atoms with E-state index in [0.717, 1.165) is 0 Å². The minimum Gasteiger partial charge on any atom is -0.479 e. The molecular formula is C11H11N5O3. The Morgan fingerprint density at radius 2 is 1.63 bits per heavy atom. The lowest BCUT2D eigenvalue weighted by Gasteiger charge is -2.10. The molecule has 0 radical (unpaired) electrons. The van der Waals surface area contributed by atoms with Crippen LogP contribution in [0.4, 0.5) is 17.3 Å². The van der Waals surface area contributed by atoms with E-state index in [9.17, 15) is 4.79 Å². The van der Waals surface area contributed by atoms with E-state index in [1.54, 1.807) is 24.3 Å². The second-order valence-electron chi connectivity index (χ2n) is 3.61. The van der Waals surface area contributed by atoms with Crippen molar-refractivity contribution in [2.45, 2.75) is 6.92 Å². The van der Waals surface area contributed by atoms with E-state index in [4.69, 9.17) is 10.2 Å². The first kappa shape index (κ1) is 12.6. The third-order valence-corrected chi connectivity index (χ3v) is 2.10. The largest absolute Gasteiger partial charge is 0.479 e. The van der Waals surface area contributed by atoms with Gasteiger partial charge in [0, 0.05) is 6.92 Å². The molecule has 1 aromatic carbocycles. The summed E-state index contributed by atoms with van der Waals surface area (Å²) in [5, 5.41) is 23.7. The van der Waals surface area contributed by atoms with Crippen LogP contribution in [0.2, 0.25) is 0 Å². The molecule has 8 nitrogen and oxygen atoms in total. The number of nitrogens with one attached hydrogen (secondary N) is 2. The summed E-state index contributed by atoms with van der Waals surface area (Å²) in [7, 11) is 0. The van der Waals surface area contributed by atoms with Gasteiger partial charge in [0.25, 0.3) is 0 Å². The van der Waals surface area contributed by atoms with Crippen molar-refractivity contribution in [1.29, 1.82) is 0 Å². The number of aromatic hydroxyl groups is 2. The number of benzene rings is 1. The molecule has 0 aliphatic rings. The smallest absolute Gasteiger partial charge is 0.321 e. The summed E-state index contributed by atoms with van der Waals surface area (Å²) in [6.45, 7) is 1.39. The van der Waals surface area contributed by atoms with Crippen LogP contribution in [0.3, 0.4) is 0 Å². The Morgan fingerprint density at radius 3 is 2.21 bits per heavy atom. The molecule has 0 bridgehead atoms. The molecule has 0 saturated heterocycles. The third kappa shape index (κ3) is 3.28. The van der Waals surface area contributed by atoms with Gasteiger partial charge in [0.05, 0.1) is 11.4 Å².